The minimum Gasteiger partial charge on any atom is -0.465 e. The number of carbonyl (C=O) groups is 1. The molecule has 4 nitrogen and oxygen atoms in total. The van der Waals surface area contributed by atoms with E-state index >= 15 is 0 Å². The summed E-state index contributed by atoms with van der Waals surface area (Å²) in [5.74, 6) is 0.661. The van der Waals surface area contributed by atoms with Gasteiger partial charge in [0.25, 0.3) is 0 Å². The Morgan fingerprint density at radius 2 is 2.00 bits per heavy atom. The fraction of sp³-hybridized carbons (Fsp3) is 0.471. The second kappa shape index (κ2) is 6.76. The van der Waals surface area contributed by atoms with E-state index in [1.807, 2.05) is 39.0 Å². The van der Waals surface area contributed by atoms with Crippen LogP contribution in [0.2, 0.25) is 0 Å². The molecule has 2 atom stereocenters. The van der Waals surface area contributed by atoms with Crippen molar-refractivity contribution in [2.45, 2.75) is 46.2 Å². The van der Waals surface area contributed by atoms with E-state index in [0.717, 1.165) is 23.2 Å². The van der Waals surface area contributed by atoms with Crippen molar-refractivity contribution in [2.75, 3.05) is 6.61 Å². The second-order valence-electron chi connectivity index (χ2n) is 5.16. The highest BCUT2D eigenvalue weighted by Gasteiger charge is 2.22. The van der Waals surface area contributed by atoms with E-state index in [1.165, 1.54) is 5.56 Å². The molecule has 0 radical (unpaired) electrons. The van der Waals surface area contributed by atoms with Gasteiger partial charge in [0.1, 0.15) is 17.4 Å². The lowest BCUT2D eigenvalue weighted by molar-refractivity contribution is -0.145. The summed E-state index contributed by atoms with van der Waals surface area (Å²) in [5, 5.41) is 4.39. The third-order valence-electron chi connectivity index (χ3n) is 3.62. The Morgan fingerprint density at radius 1 is 1.29 bits per heavy atom. The number of benzene rings is 1. The Morgan fingerprint density at radius 3 is 2.67 bits per heavy atom. The first-order chi connectivity index (χ1) is 10.1. The molecule has 0 aliphatic carbocycles. The topological polar surface area (TPSA) is 51.5 Å². The van der Waals surface area contributed by atoms with Crippen LogP contribution in [0.15, 0.2) is 28.7 Å². The van der Waals surface area contributed by atoms with Gasteiger partial charge in [0.05, 0.1) is 12.6 Å². The monoisotopic (exact) mass is 289 g/mol. The molecule has 0 fully saturated rings. The highest BCUT2D eigenvalue weighted by atomic mass is 16.5. The van der Waals surface area contributed by atoms with Gasteiger partial charge in [-0.2, -0.15) is 0 Å². The quantitative estimate of drug-likeness (QED) is 0.826. The first kappa shape index (κ1) is 15.6. The Hall–Kier alpha value is -1.81. The van der Waals surface area contributed by atoms with Gasteiger partial charge in [0, 0.05) is 10.9 Å². The molecule has 114 valence electrons. The number of rotatable bonds is 6. The maximum atomic E-state index is 11.7. The van der Waals surface area contributed by atoms with Crippen LogP contribution in [0.4, 0.5) is 0 Å². The maximum Gasteiger partial charge on any atom is 0.322 e. The highest BCUT2D eigenvalue weighted by Crippen LogP contribution is 2.30. The number of hydrogen-bond donors (Lipinski definition) is 1. The number of para-hydroxylation sites is 1. The van der Waals surface area contributed by atoms with Gasteiger partial charge in [0.15, 0.2) is 0 Å². The van der Waals surface area contributed by atoms with E-state index in [9.17, 15) is 4.79 Å². The van der Waals surface area contributed by atoms with Gasteiger partial charge in [-0.15, -0.1) is 0 Å². The number of aryl methyl sites for hydroxylation is 1. The minimum absolute atomic E-state index is 0.0493. The van der Waals surface area contributed by atoms with Crippen LogP contribution >= 0.6 is 0 Å². The van der Waals surface area contributed by atoms with Crippen LogP contribution in [0, 0.1) is 0 Å². The van der Waals surface area contributed by atoms with Crippen molar-refractivity contribution in [1.29, 1.82) is 0 Å². The number of esters is 1. The number of fused-ring (bicyclic) bond motifs is 1. The van der Waals surface area contributed by atoms with E-state index in [1.54, 1.807) is 0 Å². The van der Waals surface area contributed by atoms with Crippen molar-refractivity contribution in [1.82, 2.24) is 5.32 Å². The normalized spacial score (nSPS) is 14.1. The molecule has 4 heteroatoms. The molecule has 2 aromatic rings. The van der Waals surface area contributed by atoms with Crippen LogP contribution in [-0.4, -0.2) is 18.6 Å². The lowest BCUT2D eigenvalue weighted by Crippen LogP contribution is -2.37. The van der Waals surface area contributed by atoms with E-state index in [4.69, 9.17) is 9.15 Å². The minimum atomic E-state index is -0.363. The first-order valence-electron chi connectivity index (χ1n) is 7.51. The predicted molar refractivity (Wildman–Crippen MR) is 83.2 cm³/mol. The molecule has 21 heavy (non-hydrogen) atoms. The molecule has 1 N–H and O–H groups in total. The number of furan rings is 1. The molecule has 0 saturated carbocycles. The van der Waals surface area contributed by atoms with Crippen LogP contribution in [0.3, 0.4) is 0 Å². The number of nitrogens with one attached hydrogen (secondary N) is 1. The third kappa shape index (κ3) is 3.27. The summed E-state index contributed by atoms with van der Waals surface area (Å²) < 4.78 is 11.0. The third-order valence-corrected chi connectivity index (χ3v) is 3.62. The zero-order valence-electron chi connectivity index (χ0n) is 13.1. The van der Waals surface area contributed by atoms with E-state index in [2.05, 4.69) is 18.3 Å². The zero-order valence-corrected chi connectivity index (χ0v) is 13.1. The van der Waals surface area contributed by atoms with Gasteiger partial charge in [-0.05, 0) is 33.3 Å². The van der Waals surface area contributed by atoms with Crippen molar-refractivity contribution in [3.05, 3.63) is 35.6 Å². The van der Waals surface area contributed by atoms with E-state index < -0.39 is 0 Å². The lowest BCUT2D eigenvalue weighted by atomic mass is 10.0. The Balaban J connectivity index is 2.23. The summed E-state index contributed by atoms with van der Waals surface area (Å²) in [6.45, 7) is 8.13. The second-order valence-corrected chi connectivity index (χ2v) is 5.16. The molecule has 1 heterocycles. The molecule has 1 aromatic heterocycles. The zero-order chi connectivity index (χ0) is 15.4. The summed E-state index contributed by atoms with van der Waals surface area (Å²) in [6, 6.07) is 7.61. The largest absolute Gasteiger partial charge is 0.465 e. The average molecular weight is 289 g/mol. The molecule has 0 aliphatic heterocycles. The summed E-state index contributed by atoms with van der Waals surface area (Å²) in [6.07, 6.45) is 0.895. The lowest BCUT2D eigenvalue weighted by Gasteiger charge is -2.18. The molecular formula is C17H23NO3. The van der Waals surface area contributed by atoms with Gasteiger partial charge in [0.2, 0.25) is 0 Å². The van der Waals surface area contributed by atoms with Crippen LogP contribution in [0.1, 0.15) is 45.1 Å². The van der Waals surface area contributed by atoms with Gasteiger partial charge in [-0.25, -0.2) is 0 Å². The van der Waals surface area contributed by atoms with Crippen molar-refractivity contribution in [3.63, 3.8) is 0 Å². The van der Waals surface area contributed by atoms with Crippen LogP contribution < -0.4 is 5.32 Å². The standard InChI is InChI=1S/C17H23NO3/c1-5-13-14-9-7-8-10-15(14)21-16(13)11(3)18-12(4)17(19)20-6-2/h7-12,18H,5-6H2,1-4H3. The molecule has 0 aliphatic rings. The maximum absolute atomic E-state index is 11.7. The van der Waals surface area contributed by atoms with Gasteiger partial charge < -0.3 is 9.15 Å². The van der Waals surface area contributed by atoms with Crippen LogP contribution in [-0.2, 0) is 16.0 Å². The Kier molecular flexibility index (Phi) is 5.02. The smallest absolute Gasteiger partial charge is 0.322 e. The SMILES string of the molecule is CCOC(=O)C(C)NC(C)c1oc2ccccc2c1CC. The summed E-state index contributed by atoms with van der Waals surface area (Å²) >= 11 is 0. The average Bonchev–Trinajstić information content (AvgIpc) is 2.86. The molecule has 1 aromatic carbocycles. The Bertz CT molecular complexity index is 618. The van der Waals surface area contributed by atoms with Gasteiger partial charge in [-0.1, -0.05) is 25.1 Å². The summed E-state index contributed by atoms with van der Waals surface area (Å²) in [5.41, 5.74) is 2.09. The molecule has 0 saturated heterocycles. The predicted octanol–water partition coefficient (Wildman–Crippen LogP) is 3.60. The number of carbonyl (C=O) groups excluding carboxylic acids is 1. The van der Waals surface area contributed by atoms with Crippen LogP contribution in [0.25, 0.3) is 11.0 Å². The fourth-order valence-electron chi connectivity index (χ4n) is 2.62. The number of ether oxygens (including phenoxy) is 1. The van der Waals surface area contributed by atoms with Crippen molar-refractivity contribution in [3.8, 4) is 0 Å². The molecule has 2 rings (SSSR count). The van der Waals surface area contributed by atoms with E-state index in [0.29, 0.717) is 6.61 Å². The summed E-state index contributed by atoms with van der Waals surface area (Å²) in [7, 11) is 0. The molecule has 0 bridgehead atoms. The molecule has 0 spiro atoms. The van der Waals surface area contributed by atoms with Crippen LogP contribution in [0.5, 0.6) is 0 Å². The molecule has 2 unspecified atom stereocenters. The van der Waals surface area contributed by atoms with Crippen molar-refractivity contribution >= 4 is 16.9 Å². The molecular weight excluding hydrogens is 266 g/mol. The highest BCUT2D eigenvalue weighted by molar-refractivity contribution is 5.82. The summed E-state index contributed by atoms with van der Waals surface area (Å²) in [4.78, 5) is 11.7. The first-order valence-corrected chi connectivity index (χ1v) is 7.51. The van der Waals surface area contributed by atoms with Gasteiger partial charge >= 0.3 is 5.97 Å². The Labute approximate surface area is 125 Å². The van der Waals surface area contributed by atoms with E-state index in [-0.39, 0.29) is 18.1 Å². The fourth-order valence-corrected chi connectivity index (χ4v) is 2.62. The van der Waals surface area contributed by atoms with Gasteiger partial charge in [-0.3, -0.25) is 10.1 Å². The molecule has 0 amide bonds. The van der Waals surface area contributed by atoms with Crippen molar-refractivity contribution < 1.29 is 13.9 Å². The van der Waals surface area contributed by atoms with Crippen molar-refractivity contribution in [2.24, 2.45) is 0 Å². The number of hydrogen-bond acceptors (Lipinski definition) is 4.